The molecule has 1 saturated heterocycles. The van der Waals surface area contributed by atoms with Gasteiger partial charge >= 0.3 is 0 Å². The number of carbonyl (C=O) groups excluding carboxylic acids is 2. The third-order valence-electron chi connectivity index (χ3n) is 11.5. The highest BCUT2D eigenvalue weighted by molar-refractivity contribution is 7.99. The second-order valence-corrected chi connectivity index (χ2v) is 14.6. The summed E-state index contributed by atoms with van der Waals surface area (Å²) in [5.41, 5.74) is -4.90. The number of aliphatic hydroxyl groups excluding tert-OH is 2. The van der Waals surface area contributed by atoms with Crippen LogP contribution in [0.3, 0.4) is 0 Å². The maximum atomic E-state index is 17.6. The van der Waals surface area contributed by atoms with Gasteiger partial charge in [-0.3, -0.25) is 9.59 Å². The highest BCUT2D eigenvalue weighted by Crippen LogP contribution is 2.72. The van der Waals surface area contributed by atoms with Crippen LogP contribution in [0, 0.1) is 22.7 Å². The topological polar surface area (TPSA) is 105 Å². The minimum Gasteiger partial charge on any atom is -0.390 e. The summed E-state index contributed by atoms with van der Waals surface area (Å²) in [6.45, 7) is 2.50. The number of allylic oxidation sites excluding steroid dienone is 4. The smallest absolute Gasteiger partial charge is 0.193 e. The molecule has 2 aromatic carbocycles. The van der Waals surface area contributed by atoms with Crippen LogP contribution in [0.2, 0.25) is 0 Å². The quantitative estimate of drug-likeness (QED) is 0.381. The number of nitrogens with one attached hydrogen (secondary N) is 1. The van der Waals surface area contributed by atoms with Crippen molar-refractivity contribution in [2.75, 3.05) is 19.0 Å². The standard InChI is InChI=1S/C35H37F2NO6S/c1-32-13-12-21(40)14-26(32)27(36)15-25-24-16-30-35(29(42)18-39,33(24,2)17-28(41)34(25,32)37)44-31(43-30)19-4-8-22(9-5-19)45-23-10-6-20(38-3)7-11-23/h4-14,24-25,27-28,30-31,38-39,41H,15-18H2,1-3H3/t24-,25-,27-,28-,30+,31+,32-,33-,34-,35+/m0/s1. The van der Waals surface area contributed by atoms with Crippen LogP contribution < -0.4 is 5.32 Å². The summed E-state index contributed by atoms with van der Waals surface area (Å²) < 4.78 is 46.3. The maximum Gasteiger partial charge on any atom is 0.193 e. The number of Topliss-reactive ketones (excluding diaryl/α,β-unsaturated/α-hetero) is 1. The van der Waals surface area contributed by atoms with Crippen LogP contribution in [0.25, 0.3) is 0 Å². The second kappa shape index (κ2) is 10.6. The highest BCUT2D eigenvalue weighted by atomic mass is 32.2. The monoisotopic (exact) mass is 637 g/mol. The first kappa shape index (κ1) is 30.7. The number of ketones is 2. The van der Waals surface area contributed by atoms with Crippen molar-refractivity contribution in [1.82, 2.24) is 0 Å². The van der Waals surface area contributed by atoms with E-state index < -0.39 is 76.8 Å². The molecule has 4 fully saturated rings. The van der Waals surface area contributed by atoms with Crippen molar-refractivity contribution in [1.29, 1.82) is 0 Å². The lowest BCUT2D eigenvalue weighted by atomic mass is 9.44. The van der Waals surface area contributed by atoms with E-state index in [2.05, 4.69) is 5.32 Å². The third-order valence-corrected chi connectivity index (χ3v) is 12.5. The molecule has 0 aromatic heterocycles. The van der Waals surface area contributed by atoms with Crippen LogP contribution in [-0.2, 0) is 19.1 Å². The Kier molecular flexibility index (Phi) is 7.22. The van der Waals surface area contributed by atoms with Gasteiger partial charge in [-0.25, -0.2) is 8.78 Å². The second-order valence-electron chi connectivity index (χ2n) is 13.4. The van der Waals surface area contributed by atoms with Gasteiger partial charge in [0.1, 0.15) is 12.8 Å². The molecule has 1 aliphatic heterocycles. The number of fused-ring (bicyclic) bond motifs is 7. The predicted octanol–water partition coefficient (Wildman–Crippen LogP) is 5.52. The van der Waals surface area contributed by atoms with Crippen LogP contribution in [0.5, 0.6) is 0 Å². The van der Waals surface area contributed by atoms with Gasteiger partial charge in [-0.2, -0.15) is 0 Å². The molecule has 45 heavy (non-hydrogen) atoms. The summed E-state index contributed by atoms with van der Waals surface area (Å²) in [5, 5.41) is 24.9. The van der Waals surface area contributed by atoms with Crippen molar-refractivity contribution in [2.24, 2.45) is 22.7 Å². The summed E-state index contributed by atoms with van der Waals surface area (Å²) >= 11 is 1.60. The van der Waals surface area contributed by atoms with Gasteiger partial charge in [-0.05, 0) is 86.2 Å². The van der Waals surface area contributed by atoms with E-state index >= 15 is 8.78 Å². The van der Waals surface area contributed by atoms with Gasteiger partial charge in [0, 0.05) is 44.8 Å². The lowest BCUT2D eigenvalue weighted by Gasteiger charge is -2.63. The fraction of sp³-hybridized carbons (Fsp3) is 0.486. The predicted molar refractivity (Wildman–Crippen MR) is 164 cm³/mol. The fourth-order valence-corrected chi connectivity index (χ4v) is 10.0. The van der Waals surface area contributed by atoms with E-state index in [1.807, 2.05) is 55.6 Å². The van der Waals surface area contributed by atoms with Gasteiger partial charge in [0.2, 0.25) is 0 Å². The first-order chi connectivity index (χ1) is 21.4. The van der Waals surface area contributed by atoms with E-state index in [0.717, 1.165) is 21.6 Å². The van der Waals surface area contributed by atoms with Crippen molar-refractivity contribution in [3.8, 4) is 0 Å². The number of rotatable bonds is 6. The van der Waals surface area contributed by atoms with E-state index in [9.17, 15) is 19.8 Å². The molecule has 10 heteroatoms. The molecule has 3 saturated carbocycles. The molecular formula is C35H37F2NO6S. The zero-order chi connectivity index (χ0) is 31.9. The van der Waals surface area contributed by atoms with E-state index in [1.54, 1.807) is 25.6 Å². The molecule has 0 amide bonds. The fourth-order valence-electron chi connectivity index (χ4n) is 9.23. The average Bonchev–Trinajstić information content (AvgIpc) is 3.53. The van der Waals surface area contributed by atoms with Gasteiger partial charge in [0.15, 0.2) is 29.1 Å². The number of carbonyl (C=O) groups is 2. The number of anilines is 1. The van der Waals surface area contributed by atoms with Crippen LogP contribution >= 0.6 is 11.8 Å². The van der Waals surface area contributed by atoms with Gasteiger partial charge in [0.25, 0.3) is 0 Å². The lowest BCUT2D eigenvalue weighted by Crippen LogP contribution is -2.70. The number of hydrogen-bond donors (Lipinski definition) is 3. The van der Waals surface area contributed by atoms with Crippen molar-refractivity contribution < 1.29 is 38.1 Å². The molecule has 2 aromatic rings. The Balaban J connectivity index is 1.19. The summed E-state index contributed by atoms with van der Waals surface area (Å²) in [6.07, 6.45) is -1.37. The molecule has 0 spiro atoms. The zero-order valence-electron chi connectivity index (χ0n) is 25.3. The number of halogens is 2. The molecular weight excluding hydrogens is 600 g/mol. The number of ether oxygens (including phenoxy) is 2. The van der Waals surface area contributed by atoms with E-state index in [4.69, 9.17) is 9.47 Å². The Morgan fingerprint density at radius 2 is 1.73 bits per heavy atom. The van der Waals surface area contributed by atoms with Gasteiger partial charge in [-0.1, -0.05) is 36.9 Å². The van der Waals surface area contributed by atoms with Gasteiger partial charge in [0.05, 0.1) is 12.2 Å². The molecule has 5 aliphatic rings. The highest BCUT2D eigenvalue weighted by Gasteiger charge is 2.80. The molecule has 4 aliphatic carbocycles. The molecule has 3 N–H and O–H groups in total. The SMILES string of the molecule is CNc1ccc(Sc2ccc([C@@H]3O[C@@H]4C[C@H]5[C@@H]6C[C@H](F)C7=CC(=O)C=C[C@]7(C)[C@@]6(F)[C@@H](O)C[C@]5(C)[C@]4(C(=O)CO)O3)cc2)cc1. The third kappa shape index (κ3) is 4.15. The van der Waals surface area contributed by atoms with Gasteiger partial charge < -0.3 is 25.0 Å². The van der Waals surface area contributed by atoms with E-state index in [1.165, 1.54) is 12.2 Å². The van der Waals surface area contributed by atoms with E-state index in [-0.39, 0.29) is 24.8 Å². The number of alkyl halides is 2. The van der Waals surface area contributed by atoms with Crippen LogP contribution in [-0.4, -0.2) is 65.1 Å². The summed E-state index contributed by atoms with van der Waals surface area (Å²) in [5.74, 6) is -2.59. The van der Waals surface area contributed by atoms with Crippen LogP contribution in [0.15, 0.2) is 82.1 Å². The van der Waals surface area contributed by atoms with Crippen LogP contribution in [0.1, 0.15) is 45.0 Å². The lowest BCUT2D eigenvalue weighted by molar-refractivity contribution is -0.235. The van der Waals surface area contributed by atoms with Gasteiger partial charge in [-0.15, -0.1) is 0 Å². The molecule has 1 heterocycles. The Labute approximate surface area is 265 Å². The Morgan fingerprint density at radius 1 is 1.07 bits per heavy atom. The largest absolute Gasteiger partial charge is 0.390 e. The summed E-state index contributed by atoms with van der Waals surface area (Å²) in [7, 11) is 1.87. The van der Waals surface area contributed by atoms with Crippen molar-refractivity contribution in [2.45, 2.75) is 78.8 Å². The number of hydrogen-bond acceptors (Lipinski definition) is 8. The Hall–Kier alpha value is -2.89. The maximum absolute atomic E-state index is 17.6. The normalized spacial score (nSPS) is 41.5. The Morgan fingerprint density at radius 3 is 2.38 bits per heavy atom. The minimum absolute atomic E-state index is 0.0416. The molecule has 7 rings (SSSR count). The zero-order valence-corrected chi connectivity index (χ0v) is 26.2. The van der Waals surface area contributed by atoms with Crippen LogP contribution in [0.4, 0.5) is 14.5 Å². The molecule has 10 atom stereocenters. The van der Waals surface area contributed by atoms with Crippen molar-refractivity contribution in [3.05, 3.63) is 77.9 Å². The molecule has 0 radical (unpaired) electrons. The van der Waals surface area contributed by atoms with Crippen molar-refractivity contribution in [3.63, 3.8) is 0 Å². The molecule has 0 bridgehead atoms. The minimum atomic E-state index is -2.29. The first-order valence-electron chi connectivity index (χ1n) is 15.4. The molecule has 7 nitrogen and oxygen atoms in total. The molecule has 0 unspecified atom stereocenters. The Bertz CT molecular complexity index is 1600. The summed E-state index contributed by atoms with van der Waals surface area (Å²) in [4.78, 5) is 27.9. The first-order valence-corrected chi connectivity index (χ1v) is 16.2. The molecule has 238 valence electrons. The number of aliphatic hydroxyl groups is 2. The average molecular weight is 638 g/mol. The van der Waals surface area contributed by atoms with E-state index in [0.29, 0.717) is 5.56 Å². The summed E-state index contributed by atoms with van der Waals surface area (Å²) in [6, 6.07) is 15.7. The van der Waals surface area contributed by atoms with Crippen molar-refractivity contribution >= 4 is 29.0 Å². The number of benzene rings is 2.